The lowest BCUT2D eigenvalue weighted by molar-refractivity contribution is -0.312. The summed E-state index contributed by atoms with van der Waals surface area (Å²) in [5, 5.41) is 23.9. The van der Waals surface area contributed by atoms with Gasteiger partial charge < -0.3 is 10.4 Å². The molecule has 0 spiro atoms. The minimum atomic E-state index is -5.88. The number of aliphatic hydroxyl groups is 1. The maximum absolute atomic E-state index is 13.3. The van der Waals surface area contributed by atoms with E-state index in [0.29, 0.717) is 23.0 Å². The van der Waals surface area contributed by atoms with E-state index in [2.05, 4.69) is 30.6 Å². The highest BCUT2D eigenvalue weighted by atomic mass is 19.4. The zero-order chi connectivity index (χ0) is 23.1. The number of hydrogen-bond donors (Lipinski definition) is 2. The molecule has 4 rings (SSSR count). The molecule has 0 radical (unpaired) electrons. The van der Waals surface area contributed by atoms with Gasteiger partial charge in [0, 0.05) is 37.5 Å². The summed E-state index contributed by atoms with van der Waals surface area (Å²) < 4.78 is 66.9. The summed E-state index contributed by atoms with van der Waals surface area (Å²) in [7, 11) is 1.74. The van der Waals surface area contributed by atoms with Crippen LogP contribution in [0.3, 0.4) is 0 Å². The Kier molecular flexibility index (Phi) is 5.24. The van der Waals surface area contributed by atoms with Gasteiger partial charge in [0.1, 0.15) is 17.7 Å². The molecule has 4 aromatic heterocycles. The lowest BCUT2D eigenvalue weighted by Gasteiger charge is -2.24. The minimum absolute atomic E-state index is 0.180. The second-order valence-corrected chi connectivity index (χ2v) is 6.83. The molecule has 9 nitrogen and oxygen atoms in total. The highest BCUT2D eigenvalue weighted by Gasteiger charge is 2.62. The van der Waals surface area contributed by atoms with Gasteiger partial charge in [0.15, 0.2) is 5.65 Å². The molecule has 168 valence electrons. The monoisotopic (exact) mass is 454 g/mol. The van der Waals surface area contributed by atoms with Gasteiger partial charge in [0.05, 0.1) is 11.9 Å². The molecule has 0 saturated heterocycles. The van der Waals surface area contributed by atoms with Gasteiger partial charge in [0.2, 0.25) is 5.95 Å². The van der Waals surface area contributed by atoms with Gasteiger partial charge in [-0.15, -0.1) is 10.2 Å². The molecule has 1 atom stereocenters. The standard InChI is InChI=1S/C18H15F5N8O/c1-30-13(3-6-25-30)27-16-24-5-2-11(26-16)10-4-7-31-14(8-10)28-29-15(31)9-12(32)17(19,20)18(21,22)23/h2-8,12,32H,9H2,1H3,(H,24,26,27). The zero-order valence-electron chi connectivity index (χ0n) is 16.3. The molecular formula is C18H15F5N8O. The van der Waals surface area contributed by atoms with Gasteiger partial charge >= 0.3 is 12.1 Å². The quantitative estimate of drug-likeness (QED) is 0.432. The van der Waals surface area contributed by atoms with Crippen LogP contribution in [0.5, 0.6) is 0 Å². The molecule has 4 aromatic rings. The van der Waals surface area contributed by atoms with Crippen LogP contribution in [-0.2, 0) is 13.5 Å². The molecule has 0 bridgehead atoms. The summed E-state index contributed by atoms with van der Waals surface area (Å²) >= 11 is 0. The molecule has 2 N–H and O–H groups in total. The van der Waals surface area contributed by atoms with E-state index in [1.165, 1.54) is 22.9 Å². The number of halogens is 5. The average molecular weight is 454 g/mol. The van der Waals surface area contributed by atoms with Crippen LogP contribution < -0.4 is 5.32 Å². The van der Waals surface area contributed by atoms with Crippen molar-refractivity contribution in [3.05, 3.63) is 48.7 Å². The first kappa shape index (κ1) is 21.5. The number of fused-ring (bicyclic) bond motifs is 1. The molecule has 0 fully saturated rings. The number of hydrogen-bond acceptors (Lipinski definition) is 7. The fraction of sp³-hybridized carbons (Fsp3) is 0.278. The molecule has 0 aliphatic carbocycles. The number of anilines is 2. The van der Waals surface area contributed by atoms with Crippen molar-refractivity contribution in [2.45, 2.75) is 24.6 Å². The first-order chi connectivity index (χ1) is 15.1. The number of aromatic nitrogens is 7. The lowest BCUT2D eigenvalue weighted by atomic mass is 10.1. The predicted molar refractivity (Wildman–Crippen MR) is 101 cm³/mol. The summed E-state index contributed by atoms with van der Waals surface area (Å²) in [6, 6.07) is 6.45. The van der Waals surface area contributed by atoms with Crippen LogP contribution in [0.1, 0.15) is 5.82 Å². The summed E-state index contributed by atoms with van der Waals surface area (Å²) in [6.45, 7) is 0. The van der Waals surface area contributed by atoms with Crippen molar-refractivity contribution in [2.24, 2.45) is 7.05 Å². The molecule has 0 amide bonds. The molecule has 0 aromatic carbocycles. The van der Waals surface area contributed by atoms with Crippen molar-refractivity contribution in [1.82, 2.24) is 34.3 Å². The molecule has 0 aliphatic heterocycles. The first-order valence-corrected chi connectivity index (χ1v) is 9.11. The first-order valence-electron chi connectivity index (χ1n) is 9.11. The normalized spacial score (nSPS) is 13.5. The predicted octanol–water partition coefficient (Wildman–Crippen LogP) is 2.76. The highest BCUT2D eigenvalue weighted by Crippen LogP contribution is 2.39. The number of nitrogens with zero attached hydrogens (tertiary/aromatic N) is 7. The third-order valence-corrected chi connectivity index (χ3v) is 4.67. The Hall–Kier alpha value is -3.68. The minimum Gasteiger partial charge on any atom is -0.386 e. The van der Waals surface area contributed by atoms with Crippen molar-refractivity contribution in [2.75, 3.05) is 5.32 Å². The summed E-state index contributed by atoms with van der Waals surface area (Å²) in [6.07, 6.45) is -5.40. The Morgan fingerprint density at radius 2 is 1.88 bits per heavy atom. The Labute approximate surface area is 176 Å². The Morgan fingerprint density at radius 3 is 2.56 bits per heavy atom. The SMILES string of the molecule is Cn1nccc1Nc1nccc(-c2ccn3c(CC(O)C(F)(F)C(F)(F)F)nnc3c2)n1. The number of pyridine rings is 1. The van der Waals surface area contributed by atoms with Gasteiger partial charge in [-0.25, -0.2) is 9.97 Å². The van der Waals surface area contributed by atoms with E-state index in [-0.39, 0.29) is 11.5 Å². The van der Waals surface area contributed by atoms with Crippen LogP contribution in [-0.4, -0.2) is 57.7 Å². The molecule has 0 saturated carbocycles. The van der Waals surface area contributed by atoms with Crippen LogP contribution >= 0.6 is 0 Å². The molecule has 1 unspecified atom stereocenters. The zero-order valence-corrected chi connectivity index (χ0v) is 16.3. The van der Waals surface area contributed by atoms with Crippen LogP contribution in [0.15, 0.2) is 42.9 Å². The molecular weight excluding hydrogens is 439 g/mol. The number of aliphatic hydroxyl groups excluding tert-OH is 1. The third kappa shape index (κ3) is 3.95. The largest absolute Gasteiger partial charge is 0.456 e. The third-order valence-electron chi connectivity index (χ3n) is 4.67. The number of alkyl halides is 5. The average Bonchev–Trinajstić information content (AvgIpc) is 3.33. The number of aryl methyl sites for hydroxylation is 1. The number of rotatable bonds is 6. The van der Waals surface area contributed by atoms with Gasteiger partial charge in [-0.05, 0) is 18.2 Å². The summed E-state index contributed by atoms with van der Waals surface area (Å²) in [5.74, 6) is -4.57. The Morgan fingerprint density at radius 1 is 1.09 bits per heavy atom. The van der Waals surface area contributed by atoms with Crippen LogP contribution in [0.2, 0.25) is 0 Å². The number of nitrogens with one attached hydrogen (secondary N) is 1. The van der Waals surface area contributed by atoms with Crippen molar-refractivity contribution in [3.8, 4) is 11.3 Å². The van der Waals surface area contributed by atoms with Crippen LogP contribution in [0, 0.1) is 0 Å². The smallest absolute Gasteiger partial charge is 0.386 e. The Balaban J connectivity index is 1.58. The van der Waals surface area contributed by atoms with Crippen molar-refractivity contribution >= 4 is 17.4 Å². The van der Waals surface area contributed by atoms with Crippen LogP contribution in [0.25, 0.3) is 16.9 Å². The second-order valence-electron chi connectivity index (χ2n) is 6.83. The van der Waals surface area contributed by atoms with E-state index >= 15 is 0 Å². The maximum Gasteiger partial charge on any atom is 0.456 e. The molecule has 14 heteroatoms. The van der Waals surface area contributed by atoms with E-state index in [9.17, 15) is 27.1 Å². The van der Waals surface area contributed by atoms with Crippen molar-refractivity contribution in [1.29, 1.82) is 0 Å². The van der Waals surface area contributed by atoms with E-state index in [1.807, 2.05) is 0 Å². The van der Waals surface area contributed by atoms with Gasteiger partial charge in [-0.2, -0.15) is 27.1 Å². The van der Waals surface area contributed by atoms with E-state index in [1.54, 1.807) is 36.1 Å². The van der Waals surface area contributed by atoms with E-state index < -0.39 is 24.6 Å². The van der Waals surface area contributed by atoms with Crippen molar-refractivity contribution in [3.63, 3.8) is 0 Å². The van der Waals surface area contributed by atoms with Crippen LogP contribution in [0.4, 0.5) is 33.7 Å². The molecule has 32 heavy (non-hydrogen) atoms. The highest BCUT2D eigenvalue weighted by molar-refractivity contribution is 5.65. The molecule has 4 heterocycles. The fourth-order valence-corrected chi connectivity index (χ4v) is 2.92. The summed E-state index contributed by atoms with van der Waals surface area (Å²) in [5.41, 5.74) is 1.26. The fourth-order valence-electron chi connectivity index (χ4n) is 2.92. The van der Waals surface area contributed by atoms with E-state index in [0.717, 1.165) is 0 Å². The maximum atomic E-state index is 13.3. The summed E-state index contributed by atoms with van der Waals surface area (Å²) in [4.78, 5) is 8.53. The van der Waals surface area contributed by atoms with Crippen molar-refractivity contribution < 1.29 is 27.1 Å². The lowest BCUT2D eigenvalue weighted by Crippen LogP contribution is -2.48. The van der Waals surface area contributed by atoms with E-state index in [4.69, 9.17) is 0 Å². The second kappa shape index (κ2) is 7.78. The molecule has 0 aliphatic rings. The Bertz CT molecular complexity index is 1250. The topological polar surface area (TPSA) is 106 Å². The van der Waals surface area contributed by atoms with Gasteiger partial charge in [0.25, 0.3) is 0 Å². The van der Waals surface area contributed by atoms with Gasteiger partial charge in [-0.1, -0.05) is 0 Å². The van der Waals surface area contributed by atoms with Gasteiger partial charge in [-0.3, -0.25) is 9.08 Å².